The molecule has 1 saturated heterocycles. The number of carbonyl (C=O) groups excluding carboxylic acids is 3. The summed E-state index contributed by atoms with van der Waals surface area (Å²) in [7, 11) is 0. The molecule has 2 aromatic rings. The molecule has 0 aromatic heterocycles. The molecule has 232 valence electrons. The van der Waals surface area contributed by atoms with Gasteiger partial charge in [-0.3, -0.25) is 9.59 Å². The first kappa shape index (κ1) is 35.2. The Morgan fingerprint density at radius 3 is 2.40 bits per heavy atom. The molecule has 3 rings (SSSR count). The molecule has 0 bridgehead atoms. The molecule has 14 heteroatoms. The fourth-order valence-corrected chi connectivity index (χ4v) is 5.48. The van der Waals surface area contributed by atoms with Gasteiger partial charge in [-0.2, -0.15) is 0 Å². The van der Waals surface area contributed by atoms with Crippen LogP contribution in [-0.2, 0) is 32.1 Å². The van der Waals surface area contributed by atoms with Gasteiger partial charge in [-0.15, -0.1) is 24.2 Å². The molecule has 3 atom stereocenters. The van der Waals surface area contributed by atoms with Crippen LogP contribution in [0.3, 0.4) is 0 Å². The second-order valence-corrected chi connectivity index (χ2v) is 11.2. The second-order valence-electron chi connectivity index (χ2n) is 9.99. The zero-order valence-corrected chi connectivity index (χ0v) is 25.1. The first-order chi connectivity index (χ1) is 19.4. The molecular formula is C28H35ClF4N4O4S. The van der Waals surface area contributed by atoms with Gasteiger partial charge >= 0.3 is 5.97 Å². The lowest BCUT2D eigenvalue weighted by Gasteiger charge is -2.24. The van der Waals surface area contributed by atoms with Gasteiger partial charge in [0.1, 0.15) is 17.7 Å². The van der Waals surface area contributed by atoms with E-state index in [-0.39, 0.29) is 55.6 Å². The average Bonchev–Trinajstić information content (AvgIpc) is 3.40. The lowest BCUT2D eigenvalue weighted by molar-refractivity contribution is -0.145. The molecule has 1 aliphatic rings. The SMILES string of the molecule is CCOC(=O)[C@@H](Nc1ccc(CNC(=O)C2SCCN2C(=O)C[C@H](N)Cc2cc(F)c(F)cc2F)cc1F)C(C)C.Cl. The Bertz CT molecular complexity index is 1270. The van der Waals surface area contributed by atoms with Crippen molar-refractivity contribution >= 4 is 47.6 Å². The van der Waals surface area contributed by atoms with Crippen LogP contribution in [0.5, 0.6) is 0 Å². The van der Waals surface area contributed by atoms with Crippen LogP contribution >= 0.6 is 24.2 Å². The van der Waals surface area contributed by atoms with E-state index < -0.39 is 58.5 Å². The fraction of sp³-hybridized carbons (Fsp3) is 0.464. The molecule has 4 N–H and O–H groups in total. The molecule has 2 amide bonds. The highest BCUT2D eigenvalue weighted by Crippen LogP contribution is 2.26. The quantitative estimate of drug-likeness (QED) is 0.183. The average molecular weight is 635 g/mol. The van der Waals surface area contributed by atoms with E-state index in [4.69, 9.17) is 10.5 Å². The maximum atomic E-state index is 14.8. The molecule has 1 aliphatic heterocycles. The van der Waals surface area contributed by atoms with Crippen LogP contribution in [0.25, 0.3) is 0 Å². The normalized spacial score (nSPS) is 16.0. The number of rotatable bonds is 12. The van der Waals surface area contributed by atoms with Gasteiger partial charge in [-0.05, 0) is 48.6 Å². The van der Waals surface area contributed by atoms with Gasteiger partial charge in [-0.25, -0.2) is 22.4 Å². The first-order valence-corrected chi connectivity index (χ1v) is 14.3. The number of anilines is 1. The third kappa shape index (κ3) is 9.23. The highest BCUT2D eigenvalue weighted by molar-refractivity contribution is 8.00. The zero-order valence-electron chi connectivity index (χ0n) is 23.4. The van der Waals surface area contributed by atoms with E-state index in [0.717, 1.165) is 0 Å². The van der Waals surface area contributed by atoms with Gasteiger partial charge < -0.3 is 26.0 Å². The molecule has 0 aliphatic carbocycles. The maximum absolute atomic E-state index is 14.8. The van der Waals surface area contributed by atoms with Crippen molar-refractivity contribution in [1.29, 1.82) is 0 Å². The Labute approximate surface area is 252 Å². The van der Waals surface area contributed by atoms with E-state index in [1.807, 2.05) is 13.8 Å². The summed E-state index contributed by atoms with van der Waals surface area (Å²) in [6, 6.07) is 3.85. The zero-order chi connectivity index (χ0) is 30.3. The van der Waals surface area contributed by atoms with Gasteiger partial charge in [0.05, 0.1) is 12.3 Å². The Balaban J connectivity index is 0.00000616. The molecule has 8 nitrogen and oxygen atoms in total. The molecule has 1 heterocycles. The maximum Gasteiger partial charge on any atom is 0.328 e. The van der Waals surface area contributed by atoms with Crippen molar-refractivity contribution in [2.75, 3.05) is 24.2 Å². The highest BCUT2D eigenvalue weighted by atomic mass is 35.5. The topological polar surface area (TPSA) is 114 Å². The molecule has 42 heavy (non-hydrogen) atoms. The number of hydrogen-bond acceptors (Lipinski definition) is 7. The lowest BCUT2D eigenvalue weighted by Crippen LogP contribution is -2.46. The number of benzene rings is 2. The van der Waals surface area contributed by atoms with Gasteiger partial charge in [0.15, 0.2) is 17.0 Å². The minimum atomic E-state index is -1.32. The number of amides is 2. The number of esters is 1. The van der Waals surface area contributed by atoms with Crippen LogP contribution in [0.2, 0.25) is 0 Å². The molecule has 1 unspecified atom stereocenters. The molecule has 0 saturated carbocycles. The largest absolute Gasteiger partial charge is 0.464 e. The third-order valence-electron chi connectivity index (χ3n) is 6.46. The Hall–Kier alpha value is -3.03. The lowest BCUT2D eigenvalue weighted by atomic mass is 10.0. The van der Waals surface area contributed by atoms with Crippen molar-refractivity contribution in [3.8, 4) is 0 Å². The number of ether oxygens (including phenoxy) is 1. The summed E-state index contributed by atoms with van der Waals surface area (Å²) in [5.74, 6) is -5.11. The van der Waals surface area contributed by atoms with Crippen LogP contribution in [-0.4, -0.2) is 59.0 Å². The van der Waals surface area contributed by atoms with E-state index >= 15 is 0 Å². The van der Waals surface area contributed by atoms with E-state index in [1.165, 1.54) is 28.8 Å². The molecule has 1 fully saturated rings. The van der Waals surface area contributed by atoms with E-state index in [1.54, 1.807) is 13.0 Å². The summed E-state index contributed by atoms with van der Waals surface area (Å²) in [5, 5.41) is 4.74. The van der Waals surface area contributed by atoms with Gasteiger partial charge in [-0.1, -0.05) is 19.9 Å². The van der Waals surface area contributed by atoms with E-state index in [2.05, 4.69) is 10.6 Å². The first-order valence-electron chi connectivity index (χ1n) is 13.2. The molecular weight excluding hydrogens is 600 g/mol. The van der Waals surface area contributed by atoms with Crippen molar-refractivity contribution in [2.24, 2.45) is 11.7 Å². The number of nitrogens with one attached hydrogen (secondary N) is 2. The number of nitrogens with two attached hydrogens (primary N) is 1. The summed E-state index contributed by atoms with van der Waals surface area (Å²) in [4.78, 5) is 39.3. The Morgan fingerprint density at radius 2 is 1.76 bits per heavy atom. The monoisotopic (exact) mass is 634 g/mol. The van der Waals surface area contributed by atoms with Crippen molar-refractivity contribution in [3.05, 3.63) is 64.7 Å². The van der Waals surface area contributed by atoms with Crippen LogP contribution in [0.15, 0.2) is 30.3 Å². The van der Waals surface area contributed by atoms with E-state index in [9.17, 15) is 31.9 Å². The minimum absolute atomic E-state index is 0. The highest BCUT2D eigenvalue weighted by Gasteiger charge is 2.35. The number of hydrogen-bond donors (Lipinski definition) is 3. The smallest absolute Gasteiger partial charge is 0.328 e. The number of nitrogens with zero attached hydrogens (tertiary/aromatic N) is 1. The Kier molecular flexibility index (Phi) is 13.4. The Morgan fingerprint density at radius 1 is 1.07 bits per heavy atom. The predicted octanol–water partition coefficient (Wildman–Crippen LogP) is 4.14. The van der Waals surface area contributed by atoms with E-state index in [0.29, 0.717) is 30.0 Å². The van der Waals surface area contributed by atoms with Crippen molar-refractivity contribution < 1.29 is 36.7 Å². The summed E-state index contributed by atoms with van der Waals surface area (Å²) in [5.41, 5.74) is 6.43. The standard InChI is InChI=1S/C28H34F4N4O4S.ClH/c1-4-40-28(39)25(15(2)3)35-23-6-5-16(9-22(23)32)14-34-26(38)27-36(7-8-41-27)24(37)12-18(33)10-17-11-20(30)21(31)13-19(17)29;/h5-6,9,11,13,15,18,25,27,35H,4,7-8,10,12,14,33H2,1-3H3,(H,34,38);1H/t18-,25+,27?;/m1./s1. The predicted molar refractivity (Wildman–Crippen MR) is 155 cm³/mol. The van der Waals surface area contributed by atoms with Gasteiger partial charge in [0, 0.05) is 37.4 Å². The van der Waals surface area contributed by atoms with Crippen LogP contribution in [0.1, 0.15) is 38.3 Å². The second kappa shape index (κ2) is 16.0. The summed E-state index contributed by atoms with van der Waals surface area (Å²) in [6.45, 7) is 5.80. The molecule has 2 aromatic carbocycles. The third-order valence-corrected chi connectivity index (χ3v) is 7.66. The van der Waals surface area contributed by atoms with Crippen LogP contribution in [0, 0.1) is 29.2 Å². The van der Waals surface area contributed by atoms with Crippen molar-refractivity contribution in [3.63, 3.8) is 0 Å². The minimum Gasteiger partial charge on any atom is -0.464 e. The van der Waals surface area contributed by atoms with Crippen molar-refractivity contribution in [1.82, 2.24) is 10.2 Å². The summed E-state index contributed by atoms with van der Waals surface area (Å²) in [6.07, 6.45) is -0.424. The van der Waals surface area contributed by atoms with Crippen LogP contribution in [0.4, 0.5) is 23.2 Å². The number of thioether (sulfide) groups is 1. The molecule has 0 spiro atoms. The fourth-order valence-electron chi connectivity index (χ4n) is 4.32. The van der Waals surface area contributed by atoms with Crippen LogP contribution < -0.4 is 16.4 Å². The van der Waals surface area contributed by atoms with Gasteiger partial charge in [0.2, 0.25) is 5.91 Å². The number of halogens is 5. The summed E-state index contributed by atoms with van der Waals surface area (Å²) >= 11 is 1.25. The van der Waals surface area contributed by atoms with Gasteiger partial charge in [0.25, 0.3) is 5.91 Å². The van der Waals surface area contributed by atoms with Crippen molar-refractivity contribution in [2.45, 2.75) is 57.6 Å². The molecule has 0 radical (unpaired) electrons. The summed E-state index contributed by atoms with van der Waals surface area (Å²) < 4.78 is 60.5. The number of carbonyl (C=O) groups is 3.